The van der Waals surface area contributed by atoms with Gasteiger partial charge in [0.25, 0.3) is 0 Å². The van der Waals surface area contributed by atoms with Crippen molar-refractivity contribution in [1.29, 1.82) is 0 Å². The summed E-state index contributed by atoms with van der Waals surface area (Å²) in [7, 11) is 0. The number of hydrogen-bond acceptors (Lipinski definition) is 4. The van der Waals surface area contributed by atoms with Crippen LogP contribution in [0.5, 0.6) is 0 Å². The Morgan fingerprint density at radius 2 is 2.00 bits per heavy atom. The molecule has 0 aliphatic rings. The first-order chi connectivity index (χ1) is 11.1. The van der Waals surface area contributed by atoms with E-state index in [-0.39, 0.29) is 5.69 Å². The van der Waals surface area contributed by atoms with E-state index >= 15 is 0 Å². The molecule has 0 bridgehead atoms. The topological polar surface area (TPSA) is 91.8 Å². The first kappa shape index (κ1) is 13.6. The number of nitrogens with zero attached hydrogens (tertiary/aromatic N) is 3. The first-order valence-electron chi connectivity index (χ1n) is 7.39. The fraction of sp³-hybridized carbons (Fsp3) is 0.176. The average molecular weight is 306 g/mol. The fourth-order valence-corrected chi connectivity index (χ4v) is 3.12. The molecule has 0 atom stereocenters. The standard InChI is InChI=1S/C17H14N4O2/c1-3-9-13-12(7-19-15(9)17(22)23)21-10-4-5-11-16(14(10)13)18-6-8(2)20-11/h4-7,20H,3H2,1-2H3,(H,22,23). The summed E-state index contributed by atoms with van der Waals surface area (Å²) in [5.74, 6) is -1.02. The lowest BCUT2D eigenvalue weighted by Gasteiger charge is -2.06. The Kier molecular flexibility index (Phi) is 2.81. The van der Waals surface area contributed by atoms with Crippen LogP contribution < -0.4 is 0 Å². The van der Waals surface area contributed by atoms with Gasteiger partial charge in [-0.2, -0.15) is 0 Å². The highest BCUT2D eigenvalue weighted by Gasteiger charge is 2.19. The van der Waals surface area contributed by atoms with Crippen molar-refractivity contribution in [2.75, 3.05) is 0 Å². The van der Waals surface area contributed by atoms with E-state index in [0.29, 0.717) is 17.5 Å². The molecule has 0 radical (unpaired) electrons. The minimum atomic E-state index is -1.02. The number of aromatic nitrogens is 4. The van der Waals surface area contributed by atoms with Crippen LogP contribution in [0.1, 0.15) is 28.7 Å². The molecule has 2 N–H and O–H groups in total. The Labute approximate surface area is 131 Å². The Hall–Kier alpha value is -3.02. The highest BCUT2D eigenvalue weighted by molar-refractivity contribution is 6.20. The maximum Gasteiger partial charge on any atom is 0.354 e. The highest BCUT2D eigenvalue weighted by Crippen LogP contribution is 2.33. The lowest BCUT2D eigenvalue weighted by Crippen LogP contribution is -2.05. The molecule has 0 saturated carbocycles. The number of aromatic amines is 1. The number of pyridine rings is 1. The predicted octanol–water partition coefficient (Wildman–Crippen LogP) is 3.23. The van der Waals surface area contributed by atoms with Gasteiger partial charge in [0, 0.05) is 22.7 Å². The van der Waals surface area contributed by atoms with Crippen LogP contribution in [0.4, 0.5) is 0 Å². The second kappa shape index (κ2) is 4.74. The fourth-order valence-electron chi connectivity index (χ4n) is 3.12. The van der Waals surface area contributed by atoms with Crippen LogP contribution in [0.2, 0.25) is 0 Å². The molecule has 1 aromatic carbocycles. The summed E-state index contributed by atoms with van der Waals surface area (Å²) >= 11 is 0. The van der Waals surface area contributed by atoms with Crippen molar-refractivity contribution in [1.82, 2.24) is 19.9 Å². The van der Waals surface area contributed by atoms with Crippen molar-refractivity contribution in [3.8, 4) is 0 Å². The van der Waals surface area contributed by atoms with Gasteiger partial charge in [-0.3, -0.25) is 4.98 Å². The molecule has 0 aliphatic heterocycles. The van der Waals surface area contributed by atoms with E-state index in [1.54, 1.807) is 6.20 Å². The third kappa shape index (κ3) is 1.88. The van der Waals surface area contributed by atoms with Gasteiger partial charge in [0.1, 0.15) is 0 Å². The molecule has 6 nitrogen and oxygen atoms in total. The van der Waals surface area contributed by atoms with Gasteiger partial charge in [-0.05, 0) is 31.0 Å². The molecule has 114 valence electrons. The van der Waals surface area contributed by atoms with Crippen molar-refractivity contribution in [2.24, 2.45) is 0 Å². The maximum atomic E-state index is 11.5. The molecular formula is C17H14N4O2. The molecular weight excluding hydrogens is 292 g/mol. The summed E-state index contributed by atoms with van der Waals surface area (Å²) in [6.07, 6.45) is 3.87. The van der Waals surface area contributed by atoms with Crippen LogP contribution in [-0.4, -0.2) is 31.0 Å². The van der Waals surface area contributed by atoms with Gasteiger partial charge in [0.05, 0.1) is 28.3 Å². The Morgan fingerprint density at radius 3 is 2.74 bits per heavy atom. The summed E-state index contributed by atoms with van der Waals surface area (Å²) in [5.41, 5.74) is 4.96. The number of carboxylic acids is 1. The number of rotatable bonds is 2. The van der Waals surface area contributed by atoms with E-state index in [1.165, 1.54) is 6.20 Å². The SMILES string of the molecule is CCc1c(C(=O)O)ncc2nc3ccc4[nH]c(C)cnc4c3c12. The van der Waals surface area contributed by atoms with Crippen molar-refractivity contribution < 1.29 is 9.90 Å². The van der Waals surface area contributed by atoms with Gasteiger partial charge >= 0.3 is 5.97 Å². The predicted molar refractivity (Wildman–Crippen MR) is 87.8 cm³/mol. The van der Waals surface area contributed by atoms with Crippen molar-refractivity contribution in [2.45, 2.75) is 20.3 Å². The van der Waals surface area contributed by atoms with Crippen LogP contribution in [-0.2, 0) is 6.42 Å². The van der Waals surface area contributed by atoms with Crippen LogP contribution in [0.3, 0.4) is 0 Å². The maximum absolute atomic E-state index is 11.5. The van der Waals surface area contributed by atoms with E-state index < -0.39 is 5.97 Å². The number of H-pyrrole nitrogens is 1. The number of nitrogens with one attached hydrogen (secondary N) is 1. The smallest absolute Gasteiger partial charge is 0.354 e. The second-order valence-electron chi connectivity index (χ2n) is 5.54. The largest absolute Gasteiger partial charge is 0.477 e. The number of hydrogen-bond donors (Lipinski definition) is 2. The molecule has 0 fully saturated rings. The third-order valence-corrected chi connectivity index (χ3v) is 4.08. The molecule has 0 aliphatic carbocycles. The van der Waals surface area contributed by atoms with E-state index in [9.17, 15) is 9.90 Å². The lowest BCUT2D eigenvalue weighted by atomic mass is 10.0. The van der Waals surface area contributed by atoms with E-state index in [0.717, 1.165) is 33.0 Å². The van der Waals surface area contributed by atoms with E-state index in [4.69, 9.17) is 0 Å². The second-order valence-corrected chi connectivity index (χ2v) is 5.54. The zero-order valence-electron chi connectivity index (χ0n) is 12.7. The molecule has 0 unspecified atom stereocenters. The van der Waals surface area contributed by atoms with Crippen molar-refractivity contribution >= 4 is 38.8 Å². The normalized spacial score (nSPS) is 11.6. The minimum absolute atomic E-state index is 0.0856. The Morgan fingerprint density at radius 1 is 1.17 bits per heavy atom. The summed E-state index contributed by atoms with van der Waals surface area (Å²) in [6, 6.07) is 3.87. The molecule has 23 heavy (non-hydrogen) atoms. The zero-order valence-corrected chi connectivity index (χ0v) is 12.7. The molecule has 0 amide bonds. The highest BCUT2D eigenvalue weighted by atomic mass is 16.4. The average Bonchev–Trinajstić information content (AvgIpc) is 2.92. The number of aryl methyl sites for hydroxylation is 2. The summed E-state index contributed by atoms with van der Waals surface area (Å²) < 4.78 is 0. The Balaban J connectivity index is 2.27. The number of aromatic carboxylic acids is 1. The monoisotopic (exact) mass is 306 g/mol. The van der Waals surface area contributed by atoms with Gasteiger partial charge in [-0.1, -0.05) is 6.92 Å². The quantitative estimate of drug-likeness (QED) is 0.593. The van der Waals surface area contributed by atoms with E-state index in [1.807, 2.05) is 26.0 Å². The summed E-state index contributed by atoms with van der Waals surface area (Å²) in [6.45, 7) is 3.87. The molecule has 3 heterocycles. The Bertz CT molecular complexity index is 1100. The first-order valence-corrected chi connectivity index (χ1v) is 7.39. The van der Waals surface area contributed by atoms with Gasteiger partial charge in [0.15, 0.2) is 5.69 Å². The molecule has 0 saturated heterocycles. The van der Waals surface area contributed by atoms with Crippen LogP contribution in [0, 0.1) is 6.92 Å². The van der Waals surface area contributed by atoms with Gasteiger partial charge in [-0.15, -0.1) is 0 Å². The molecule has 0 spiro atoms. The molecule has 3 aromatic heterocycles. The zero-order chi connectivity index (χ0) is 16.1. The summed E-state index contributed by atoms with van der Waals surface area (Å²) in [4.78, 5) is 28.0. The molecule has 4 rings (SSSR count). The van der Waals surface area contributed by atoms with Crippen LogP contribution in [0.15, 0.2) is 24.5 Å². The number of benzene rings is 1. The van der Waals surface area contributed by atoms with Crippen LogP contribution >= 0.6 is 0 Å². The minimum Gasteiger partial charge on any atom is -0.477 e. The van der Waals surface area contributed by atoms with E-state index in [2.05, 4.69) is 19.9 Å². The van der Waals surface area contributed by atoms with Gasteiger partial charge in [0.2, 0.25) is 0 Å². The van der Waals surface area contributed by atoms with Gasteiger partial charge < -0.3 is 10.1 Å². The van der Waals surface area contributed by atoms with Crippen molar-refractivity contribution in [3.05, 3.63) is 41.5 Å². The molecule has 6 heteroatoms. The lowest BCUT2D eigenvalue weighted by molar-refractivity contribution is 0.0689. The number of carbonyl (C=O) groups is 1. The van der Waals surface area contributed by atoms with Gasteiger partial charge in [-0.25, -0.2) is 14.8 Å². The molecule has 4 aromatic rings. The van der Waals surface area contributed by atoms with Crippen molar-refractivity contribution in [3.63, 3.8) is 0 Å². The third-order valence-electron chi connectivity index (χ3n) is 4.08. The van der Waals surface area contributed by atoms with Crippen LogP contribution in [0.25, 0.3) is 32.8 Å². The number of carboxylic acid groups (broad SMARTS) is 1. The summed E-state index contributed by atoms with van der Waals surface area (Å²) in [5, 5.41) is 11.1. The number of fused-ring (bicyclic) bond motifs is 5.